The van der Waals surface area contributed by atoms with Crippen LogP contribution < -0.4 is 0 Å². The van der Waals surface area contributed by atoms with E-state index in [0.29, 0.717) is 13.1 Å². The van der Waals surface area contributed by atoms with Crippen LogP contribution in [0.4, 0.5) is 0 Å². The molecule has 0 fully saturated rings. The quantitative estimate of drug-likeness (QED) is 0.281. The summed E-state index contributed by atoms with van der Waals surface area (Å²) in [6.45, 7) is 5.79. The maximum atomic E-state index is 13.0. The average Bonchev–Trinajstić information content (AvgIpc) is 2.65. The third-order valence-corrected chi connectivity index (χ3v) is 6.96. The van der Waals surface area contributed by atoms with E-state index in [1.165, 1.54) is 51.4 Å². The van der Waals surface area contributed by atoms with E-state index in [9.17, 15) is 8.42 Å². The maximum absolute atomic E-state index is 13.0. The summed E-state index contributed by atoms with van der Waals surface area (Å²) >= 11 is 0. The second-order valence-electron chi connectivity index (χ2n) is 7.68. The zero-order chi connectivity index (χ0) is 19.8. The Balaban J connectivity index is 2.51. The summed E-state index contributed by atoms with van der Waals surface area (Å²) < 4.78 is 27.7. The highest BCUT2D eigenvalue weighted by Gasteiger charge is 2.21. The van der Waals surface area contributed by atoms with E-state index in [2.05, 4.69) is 13.8 Å². The number of nitrogens with zero attached hydrogens (tertiary/aromatic N) is 1. The van der Waals surface area contributed by atoms with E-state index in [0.717, 1.165) is 31.2 Å². The molecule has 0 saturated heterocycles. The van der Waals surface area contributed by atoms with Crippen LogP contribution in [-0.4, -0.2) is 25.8 Å². The lowest BCUT2D eigenvalue weighted by atomic mass is 10.1. The van der Waals surface area contributed by atoms with E-state index >= 15 is 0 Å². The molecular formula is C23H41NO2S. The highest BCUT2D eigenvalue weighted by atomic mass is 32.2. The standard InChI is InChI=1S/C23H41NO2S/c1-3-5-7-9-11-16-20-24(21-17-12-10-8-6-4-2)27(25,26)22-23-18-14-13-15-19-23/h13-15,18-19H,3-12,16-17,20-22H2,1-2H3. The molecule has 3 nitrogen and oxygen atoms in total. The summed E-state index contributed by atoms with van der Waals surface area (Å²) in [5.74, 6) is 0.125. The summed E-state index contributed by atoms with van der Waals surface area (Å²) in [5, 5.41) is 0. The molecule has 0 unspecified atom stereocenters. The van der Waals surface area contributed by atoms with Crippen LogP contribution >= 0.6 is 0 Å². The van der Waals surface area contributed by atoms with Gasteiger partial charge in [-0.3, -0.25) is 0 Å². The molecule has 0 bridgehead atoms. The molecule has 1 aromatic carbocycles. The Bertz CT molecular complexity index is 541. The Labute approximate surface area is 168 Å². The van der Waals surface area contributed by atoms with Crippen molar-refractivity contribution in [1.29, 1.82) is 0 Å². The lowest BCUT2D eigenvalue weighted by molar-refractivity contribution is 0.383. The van der Waals surface area contributed by atoms with Crippen LogP contribution in [0, 0.1) is 0 Å². The van der Waals surface area contributed by atoms with Crippen molar-refractivity contribution in [3.8, 4) is 0 Å². The van der Waals surface area contributed by atoms with Gasteiger partial charge < -0.3 is 0 Å². The molecule has 0 heterocycles. The lowest BCUT2D eigenvalue weighted by Crippen LogP contribution is -2.34. The smallest absolute Gasteiger partial charge is 0.212 e. The minimum absolute atomic E-state index is 0.125. The Hall–Kier alpha value is -0.870. The van der Waals surface area contributed by atoms with Gasteiger partial charge in [0, 0.05) is 13.1 Å². The number of benzene rings is 1. The molecule has 0 aromatic heterocycles. The van der Waals surface area contributed by atoms with E-state index < -0.39 is 10.0 Å². The summed E-state index contributed by atoms with van der Waals surface area (Å²) in [5.41, 5.74) is 0.883. The predicted octanol–water partition coefficient (Wildman–Crippen LogP) is 6.54. The van der Waals surface area contributed by atoms with Gasteiger partial charge in [0.05, 0.1) is 5.75 Å². The minimum Gasteiger partial charge on any atom is -0.212 e. The van der Waals surface area contributed by atoms with Crippen LogP contribution in [0.1, 0.15) is 96.5 Å². The second-order valence-corrected chi connectivity index (χ2v) is 9.65. The van der Waals surface area contributed by atoms with Gasteiger partial charge in [-0.2, -0.15) is 0 Å². The fourth-order valence-corrected chi connectivity index (χ4v) is 5.01. The maximum Gasteiger partial charge on any atom is 0.218 e. The first-order valence-electron chi connectivity index (χ1n) is 11.1. The molecule has 1 aromatic rings. The molecule has 0 atom stereocenters. The number of unbranched alkanes of at least 4 members (excludes halogenated alkanes) is 10. The zero-order valence-electron chi connectivity index (χ0n) is 17.7. The van der Waals surface area contributed by atoms with Crippen molar-refractivity contribution in [3.05, 3.63) is 35.9 Å². The molecule has 1 rings (SSSR count). The zero-order valence-corrected chi connectivity index (χ0v) is 18.5. The monoisotopic (exact) mass is 395 g/mol. The third-order valence-electron chi connectivity index (χ3n) is 5.11. The molecule has 0 N–H and O–H groups in total. The first kappa shape index (κ1) is 24.2. The molecule has 156 valence electrons. The van der Waals surface area contributed by atoms with E-state index in [1.807, 2.05) is 30.3 Å². The van der Waals surface area contributed by atoms with Gasteiger partial charge in [0.1, 0.15) is 0 Å². The topological polar surface area (TPSA) is 37.4 Å². The summed E-state index contributed by atoms with van der Waals surface area (Å²) in [4.78, 5) is 0. The van der Waals surface area contributed by atoms with Crippen LogP contribution in [-0.2, 0) is 15.8 Å². The van der Waals surface area contributed by atoms with Crippen LogP contribution in [0.25, 0.3) is 0 Å². The average molecular weight is 396 g/mol. The SMILES string of the molecule is CCCCCCCCN(CCCCCCCC)S(=O)(=O)Cc1ccccc1. The van der Waals surface area contributed by atoms with Gasteiger partial charge in [0.2, 0.25) is 10.0 Å². The van der Waals surface area contributed by atoms with E-state index in [4.69, 9.17) is 0 Å². The van der Waals surface area contributed by atoms with Crippen molar-refractivity contribution >= 4 is 10.0 Å². The Morgan fingerprint density at radius 2 is 1.11 bits per heavy atom. The summed E-state index contributed by atoms with van der Waals surface area (Å²) in [6, 6.07) is 9.57. The minimum atomic E-state index is -3.24. The third kappa shape index (κ3) is 11.5. The summed E-state index contributed by atoms with van der Waals surface area (Å²) in [7, 11) is -3.24. The molecule has 27 heavy (non-hydrogen) atoms. The number of rotatable bonds is 17. The molecule has 0 saturated carbocycles. The highest BCUT2D eigenvalue weighted by Crippen LogP contribution is 2.15. The van der Waals surface area contributed by atoms with Crippen molar-refractivity contribution in [2.24, 2.45) is 0 Å². The van der Waals surface area contributed by atoms with Gasteiger partial charge in [-0.05, 0) is 18.4 Å². The fourth-order valence-electron chi connectivity index (χ4n) is 3.40. The molecule has 4 heteroatoms. The summed E-state index contributed by atoms with van der Waals surface area (Å²) in [6.07, 6.45) is 14.3. The van der Waals surface area contributed by atoms with Crippen LogP contribution in [0.15, 0.2) is 30.3 Å². The molecule has 0 amide bonds. The largest absolute Gasteiger partial charge is 0.218 e. The van der Waals surface area contributed by atoms with Crippen molar-refractivity contribution in [1.82, 2.24) is 4.31 Å². The van der Waals surface area contributed by atoms with E-state index in [-0.39, 0.29) is 5.75 Å². The molecule has 0 aliphatic carbocycles. The molecule has 0 aliphatic heterocycles. The lowest BCUT2D eigenvalue weighted by Gasteiger charge is -2.22. The van der Waals surface area contributed by atoms with Crippen LogP contribution in [0.3, 0.4) is 0 Å². The van der Waals surface area contributed by atoms with E-state index in [1.54, 1.807) is 4.31 Å². The van der Waals surface area contributed by atoms with Gasteiger partial charge in [-0.15, -0.1) is 0 Å². The second kappa shape index (κ2) is 15.1. The molecule has 0 aliphatic rings. The first-order chi connectivity index (χ1) is 13.1. The fraction of sp³-hybridized carbons (Fsp3) is 0.739. The van der Waals surface area contributed by atoms with Gasteiger partial charge in [0.15, 0.2) is 0 Å². The normalized spacial score (nSPS) is 12.0. The number of hydrogen-bond acceptors (Lipinski definition) is 2. The van der Waals surface area contributed by atoms with Crippen LogP contribution in [0.2, 0.25) is 0 Å². The van der Waals surface area contributed by atoms with Crippen molar-refractivity contribution in [2.75, 3.05) is 13.1 Å². The van der Waals surface area contributed by atoms with Gasteiger partial charge in [-0.25, -0.2) is 12.7 Å². The Morgan fingerprint density at radius 3 is 1.59 bits per heavy atom. The van der Waals surface area contributed by atoms with Gasteiger partial charge in [-0.1, -0.05) is 108 Å². The highest BCUT2D eigenvalue weighted by molar-refractivity contribution is 7.88. The Kier molecular flexibility index (Phi) is 13.5. The van der Waals surface area contributed by atoms with Crippen molar-refractivity contribution in [3.63, 3.8) is 0 Å². The van der Waals surface area contributed by atoms with Crippen molar-refractivity contribution < 1.29 is 8.42 Å². The molecule has 0 spiro atoms. The molecule has 0 radical (unpaired) electrons. The van der Waals surface area contributed by atoms with Crippen molar-refractivity contribution in [2.45, 2.75) is 96.7 Å². The number of hydrogen-bond donors (Lipinski definition) is 0. The molecular weight excluding hydrogens is 354 g/mol. The first-order valence-corrected chi connectivity index (χ1v) is 12.7. The number of sulfonamides is 1. The van der Waals surface area contributed by atoms with Crippen LogP contribution in [0.5, 0.6) is 0 Å². The van der Waals surface area contributed by atoms with Gasteiger partial charge in [0.25, 0.3) is 0 Å². The Morgan fingerprint density at radius 1 is 0.667 bits per heavy atom. The predicted molar refractivity (Wildman–Crippen MR) is 117 cm³/mol. The van der Waals surface area contributed by atoms with Gasteiger partial charge >= 0.3 is 0 Å².